The number of rotatable bonds is 4. The molecule has 7 heteroatoms. The zero-order valence-electron chi connectivity index (χ0n) is 8.03. The van der Waals surface area contributed by atoms with E-state index in [-0.39, 0.29) is 22.5 Å². The van der Waals surface area contributed by atoms with Crippen LogP contribution in [0.5, 0.6) is 0 Å². The summed E-state index contributed by atoms with van der Waals surface area (Å²) in [6, 6.07) is 0. The molecule has 0 aliphatic carbocycles. The first-order valence-corrected chi connectivity index (χ1v) is 4.47. The Morgan fingerprint density at radius 3 is 2.87 bits per heavy atom. The third kappa shape index (κ3) is 2.63. The molecule has 0 amide bonds. The van der Waals surface area contributed by atoms with E-state index in [9.17, 15) is 10.1 Å². The van der Waals surface area contributed by atoms with Crippen LogP contribution in [0, 0.1) is 17.0 Å². The molecule has 0 radical (unpaired) electrons. The average molecular weight is 229 g/mol. The third-order valence-electron chi connectivity index (χ3n) is 1.63. The quantitative estimate of drug-likeness (QED) is 0.369. The van der Waals surface area contributed by atoms with Crippen LogP contribution in [0.1, 0.15) is 5.69 Å². The number of nitrogens with one attached hydrogen (secondary N) is 1. The monoisotopic (exact) mass is 228 g/mol. The summed E-state index contributed by atoms with van der Waals surface area (Å²) in [6.07, 6.45) is 1.56. The van der Waals surface area contributed by atoms with Crippen molar-refractivity contribution in [3.8, 4) is 0 Å². The first kappa shape index (κ1) is 11.4. The van der Waals surface area contributed by atoms with Gasteiger partial charge < -0.3 is 5.32 Å². The molecule has 0 unspecified atom stereocenters. The lowest BCUT2D eigenvalue weighted by atomic mass is 10.3. The Kier molecular flexibility index (Phi) is 3.56. The molecular weight excluding hydrogens is 220 g/mol. The fraction of sp³-hybridized carbons (Fsp3) is 0.250. The Morgan fingerprint density at radius 2 is 2.33 bits per heavy atom. The second-order valence-electron chi connectivity index (χ2n) is 2.70. The van der Waals surface area contributed by atoms with Gasteiger partial charge in [-0.25, -0.2) is 4.98 Å². The smallest absolute Gasteiger partial charge is 0.332 e. The van der Waals surface area contributed by atoms with Gasteiger partial charge in [0.1, 0.15) is 5.69 Å². The van der Waals surface area contributed by atoms with E-state index in [1.165, 1.54) is 6.92 Å². The van der Waals surface area contributed by atoms with Crippen molar-refractivity contribution in [2.45, 2.75) is 6.92 Å². The fourth-order valence-electron chi connectivity index (χ4n) is 1.04. The molecule has 1 heterocycles. The summed E-state index contributed by atoms with van der Waals surface area (Å²) < 4.78 is 0. The highest BCUT2D eigenvalue weighted by Crippen LogP contribution is 2.25. The summed E-state index contributed by atoms with van der Waals surface area (Å²) in [5.74, 6) is 0.109. The Balaban J connectivity index is 3.20. The molecule has 1 N–H and O–H groups in total. The maximum Gasteiger partial charge on any atom is 0.332 e. The third-order valence-corrected chi connectivity index (χ3v) is 1.80. The van der Waals surface area contributed by atoms with Gasteiger partial charge in [0.25, 0.3) is 0 Å². The minimum atomic E-state index is -0.545. The number of anilines is 1. The standard InChI is InChI=1S/C8H9ClN4O2/c1-3-4-10-7-6(13(14)15)5(2)11-8(9)12-7/h3H,1,4H2,2H3,(H,10,11,12). The number of nitro groups is 1. The van der Waals surface area contributed by atoms with Crippen LogP contribution in [0.25, 0.3) is 0 Å². The summed E-state index contributed by atoms with van der Waals surface area (Å²) in [7, 11) is 0. The minimum Gasteiger partial charge on any atom is -0.361 e. The molecule has 1 aromatic rings. The van der Waals surface area contributed by atoms with Crippen LogP contribution in [0.15, 0.2) is 12.7 Å². The summed E-state index contributed by atoms with van der Waals surface area (Å²) in [5, 5.41) is 13.4. The van der Waals surface area contributed by atoms with Crippen LogP contribution in [-0.2, 0) is 0 Å². The van der Waals surface area contributed by atoms with E-state index in [4.69, 9.17) is 11.6 Å². The maximum absolute atomic E-state index is 10.7. The molecule has 0 aromatic carbocycles. The summed E-state index contributed by atoms with van der Waals surface area (Å²) in [4.78, 5) is 17.6. The molecule has 0 bridgehead atoms. The first-order chi connectivity index (χ1) is 7.06. The van der Waals surface area contributed by atoms with E-state index in [2.05, 4.69) is 21.9 Å². The van der Waals surface area contributed by atoms with Gasteiger partial charge in [0.05, 0.1) is 4.92 Å². The van der Waals surface area contributed by atoms with Gasteiger partial charge in [-0.05, 0) is 18.5 Å². The Bertz CT molecular complexity index is 408. The summed E-state index contributed by atoms with van der Waals surface area (Å²) in [5.41, 5.74) is 0.0628. The average Bonchev–Trinajstić information content (AvgIpc) is 2.12. The van der Waals surface area contributed by atoms with Crippen LogP contribution in [0.4, 0.5) is 11.5 Å². The lowest BCUT2D eigenvalue weighted by molar-refractivity contribution is -0.385. The highest BCUT2D eigenvalue weighted by Gasteiger charge is 2.20. The zero-order valence-corrected chi connectivity index (χ0v) is 8.78. The highest BCUT2D eigenvalue weighted by atomic mass is 35.5. The number of aryl methyl sites for hydroxylation is 1. The van der Waals surface area contributed by atoms with Gasteiger partial charge >= 0.3 is 5.69 Å². The molecule has 1 aromatic heterocycles. The van der Waals surface area contributed by atoms with Crippen molar-refractivity contribution in [3.05, 3.63) is 33.7 Å². The van der Waals surface area contributed by atoms with Crippen molar-refractivity contribution in [2.24, 2.45) is 0 Å². The van der Waals surface area contributed by atoms with E-state index < -0.39 is 4.92 Å². The van der Waals surface area contributed by atoms with E-state index >= 15 is 0 Å². The van der Waals surface area contributed by atoms with Gasteiger partial charge in [-0.15, -0.1) is 6.58 Å². The van der Waals surface area contributed by atoms with E-state index in [0.29, 0.717) is 6.54 Å². The maximum atomic E-state index is 10.7. The predicted octanol–water partition coefficient (Wildman–Crippen LogP) is 1.94. The molecule has 1 rings (SSSR count). The van der Waals surface area contributed by atoms with Crippen molar-refractivity contribution in [1.82, 2.24) is 9.97 Å². The molecule has 0 aliphatic heterocycles. The van der Waals surface area contributed by atoms with Crippen LogP contribution < -0.4 is 5.32 Å². The molecule has 6 nitrogen and oxygen atoms in total. The molecule has 0 aliphatic rings. The topological polar surface area (TPSA) is 81.0 Å². The number of aromatic nitrogens is 2. The minimum absolute atomic E-state index is 0.0235. The molecule has 0 saturated carbocycles. The lowest BCUT2D eigenvalue weighted by Crippen LogP contribution is -2.07. The van der Waals surface area contributed by atoms with E-state index in [0.717, 1.165) is 0 Å². The van der Waals surface area contributed by atoms with Gasteiger partial charge in [-0.2, -0.15) is 4.98 Å². The summed E-state index contributed by atoms with van der Waals surface area (Å²) in [6.45, 7) is 5.36. The first-order valence-electron chi connectivity index (χ1n) is 4.09. The number of halogens is 1. The molecule has 0 atom stereocenters. The van der Waals surface area contributed by atoms with Crippen LogP contribution in [-0.4, -0.2) is 21.4 Å². The second kappa shape index (κ2) is 4.70. The van der Waals surface area contributed by atoms with Gasteiger partial charge in [-0.1, -0.05) is 6.08 Å². The SMILES string of the molecule is C=CCNc1nc(Cl)nc(C)c1[N+](=O)[O-]. The highest BCUT2D eigenvalue weighted by molar-refractivity contribution is 6.28. The van der Waals surface area contributed by atoms with Crippen LogP contribution in [0.2, 0.25) is 5.28 Å². The Hall–Kier alpha value is -1.69. The largest absolute Gasteiger partial charge is 0.361 e. The molecule has 0 saturated heterocycles. The number of nitrogens with zero attached hydrogens (tertiary/aromatic N) is 3. The molecular formula is C8H9ClN4O2. The second-order valence-corrected chi connectivity index (χ2v) is 3.04. The number of hydrogen-bond donors (Lipinski definition) is 1. The van der Waals surface area contributed by atoms with Crippen molar-refractivity contribution < 1.29 is 4.92 Å². The molecule has 0 spiro atoms. The van der Waals surface area contributed by atoms with Crippen LogP contribution in [0.3, 0.4) is 0 Å². The van der Waals surface area contributed by atoms with Crippen LogP contribution >= 0.6 is 11.6 Å². The summed E-state index contributed by atoms with van der Waals surface area (Å²) >= 11 is 5.60. The van der Waals surface area contributed by atoms with Gasteiger partial charge in [0, 0.05) is 6.54 Å². The van der Waals surface area contributed by atoms with Gasteiger partial charge in [-0.3, -0.25) is 10.1 Å². The molecule has 0 fully saturated rings. The van der Waals surface area contributed by atoms with Gasteiger partial charge in [0.2, 0.25) is 11.1 Å². The zero-order chi connectivity index (χ0) is 11.4. The predicted molar refractivity (Wildman–Crippen MR) is 57.1 cm³/mol. The van der Waals surface area contributed by atoms with Crippen molar-refractivity contribution in [1.29, 1.82) is 0 Å². The fourth-order valence-corrected chi connectivity index (χ4v) is 1.25. The normalized spacial score (nSPS) is 9.73. The number of hydrogen-bond acceptors (Lipinski definition) is 5. The van der Waals surface area contributed by atoms with E-state index in [1.807, 2.05) is 0 Å². The Labute approximate surface area is 91.1 Å². The Morgan fingerprint density at radius 1 is 1.67 bits per heavy atom. The van der Waals surface area contributed by atoms with E-state index in [1.54, 1.807) is 6.08 Å². The molecule has 80 valence electrons. The van der Waals surface area contributed by atoms with Crippen molar-refractivity contribution >= 4 is 23.1 Å². The van der Waals surface area contributed by atoms with Gasteiger partial charge in [0.15, 0.2) is 0 Å². The molecule has 15 heavy (non-hydrogen) atoms. The lowest BCUT2D eigenvalue weighted by Gasteiger charge is -2.05. The van der Waals surface area contributed by atoms with Crippen molar-refractivity contribution in [2.75, 3.05) is 11.9 Å². The van der Waals surface area contributed by atoms with Crippen molar-refractivity contribution in [3.63, 3.8) is 0 Å².